The first-order chi connectivity index (χ1) is 10.6. The Labute approximate surface area is 128 Å². The number of benzene rings is 1. The summed E-state index contributed by atoms with van der Waals surface area (Å²) in [5.74, 6) is -0.641. The van der Waals surface area contributed by atoms with Crippen LogP contribution in [-0.2, 0) is 14.9 Å². The van der Waals surface area contributed by atoms with Crippen molar-refractivity contribution in [1.82, 2.24) is 14.8 Å². The number of hydrogen-bond donors (Lipinski definition) is 0. The molecule has 0 radical (unpaired) electrons. The van der Waals surface area contributed by atoms with Gasteiger partial charge in [-0.1, -0.05) is 0 Å². The first kappa shape index (κ1) is 14.9. The smallest absolute Gasteiger partial charge is 0.318 e. The van der Waals surface area contributed by atoms with E-state index >= 15 is 0 Å². The number of carbonyl (C=O) groups is 1. The highest BCUT2D eigenvalue weighted by Gasteiger charge is 2.45. The molecule has 2 aromatic rings. The van der Waals surface area contributed by atoms with Gasteiger partial charge in [0.25, 0.3) is 0 Å². The SMILES string of the molecule is BN1CCC(C(=O)OC)(c2ncnc3cc(F)ccc23)CC1. The minimum absolute atomic E-state index is 0.287. The maximum atomic E-state index is 13.4. The number of fused-ring (bicyclic) bond motifs is 1. The van der Waals surface area contributed by atoms with Crippen molar-refractivity contribution >= 4 is 24.9 Å². The molecular weight excluding hydrogens is 284 g/mol. The second kappa shape index (κ2) is 5.64. The Hall–Kier alpha value is -2.02. The Bertz CT molecular complexity index is 717. The van der Waals surface area contributed by atoms with E-state index in [2.05, 4.69) is 14.8 Å². The number of hydrogen-bond acceptors (Lipinski definition) is 5. The minimum atomic E-state index is -0.791. The lowest BCUT2D eigenvalue weighted by molar-refractivity contribution is -0.149. The molecule has 3 rings (SSSR count). The molecule has 0 unspecified atom stereocenters. The normalized spacial score (nSPS) is 18.3. The third kappa shape index (κ3) is 2.35. The van der Waals surface area contributed by atoms with E-state index in [9.17, 15) is 9.18 Å². The quantitative estimate of drug-likeness (QED) is 0.607. The van der Waals surface area contributed by atoms with Crippen LogP contribution in [0.25, 0.3) is 10.9 Å². The van der Waals surface area contributed by atoms with Crippen molar-refractivity contribution in [3.8, 4) is 0 Å². The van der Waals surface area contributed by atoms with Gasteiger partial charge in [-0.3, -0.25) is 4.79 Å². The number of carbonyl (C=O) groups excluding carboxylic acids is 1. The number of aromatic nitrogens is 2. The minimum Gasteiger partial charge on any atom is -0.468 e. The summed E-state index contributed by atoms with van der Waals surface area (Å²) in [6, 6.07) is 4.37. The summed E-state index contributed by atoms with van der Waals surface area (Å²) in [5, 5.41) is 0.707. The summed E-state index contributed by atoms with van der Waals surface area (Å²) < 4.78 is 18.5. The van der Waals surface area contributed by atoms with E-state index in [0.717, 1.165) is 13.1 Å². The Balaban J connectivity index is 2.18. The molecule has 1 aliphatic rings. The number of ether oxygens (including phenoxy) is 1. The maximum absolute atomic E-state index is 13.4. The van der Waals surface area contributed by atoms with Crippen LogP contribution >= 0.6 is 0 Å². The van der Waals surface area contributed by atoms with Gasteiger partial charge in [-0.25, -0.2) is 14.4 Å². The van der Waals surface area contributed by atoms with E-state index in [1.165, 1.54) is 25.6 Å². The van der Waals surface area contributed by atoms with Crippen molar-refractivity contribution < 1.29 is 13.9 Å². The van der Waals surface area contributed by atoms with Crippen molar-refractivity contribution in [2.75, 3.05) is 20.2 Å². The standard InChI is InChI=1S/C15H17BFN3O2/c1-22-14(21)15(4-6-20(16)7-5-15)13-11-3-2-10(17)8-12(11)18-9-19-13/h2-3,8-9H,4-7,16H2,1H3. The lowest BCUT2D eigenvalue weighted by Crippen LogP contribution is -2.47. The molecule has 1 fully saturated rings. The van der Waals surface area contributed by atoms with Crippen LogP contribution in [0.3, 0.4) is 0 Å². The van der Waals surface area contributed by atoms with Gasteiger partial charge in [0.2, 0.25) is 0 Å². The fraction of sp³-hybridized carbons (Fsp3) is 0.400. The molecule has 1 aromatic heterocycles. The monoisotopic (exact) mass is 301 g/mol. The molecule has 0 atom stereocenters. The summed E-state index contributed by atoms with van der Waals surface area (Å²) in [5.41, 5.74) is 0.352. The fourth-order valence-electron chi connectivity index (χ4n) is 3.14. The molecule has 1 saturated heterocycles. The second-order valence-corrected chi connectivity index (χ2v) is 5.76. The molecule has 0 saturated carbocycles. The molecule has 0 aliphatic carbocycles. The van der Waals surface area contributed by atoms with Gasteiger partial charge in [-0.15, -0.1) is 0 Å². The number of rotatable bonds is 2. The van der Waals surface area contributed by atoms with Crippen molar-refractivity contribution in [1.29, 1.82) is 0 Å². The Kier molecular flexibility index (Phi) is 3.82. The number of nitrogens with zero attached hydrogens (tertiary/aromatic N) is 3. The summed E-state index contributed by atoms with van der Waals surface area (Å²) in [6.07, 6.45) is 2.64. The molecule has 5 nitrogen and oxygen atoms in total. The second-order valence-electron chi connectivity index (χ2n) is 5.76. The van der Waals surface area contributed by atoms with Crippen molar-refractivity contribution in [2.45, 2.75) is 18.3 Å². The Morgan fingerprint density at radius 2 is 2.09 bits per heavy atom. The number of piperidine rings is 1. The van der Waals surface area contributed by atoms with E-state index in [0.29, 0.717) is 29.4 Å². The average molecular weight is 301 g/mol. The molecule has 114 valence electrons. The molecule has 2 heterocycles. The summed E-state index contributed by atoms with van der Waals surface area (Å²) >= 11 is 0. The molecular formula is C15H17BFN3O2. The van der Waals surface area contributed by atoms with Crippen LogP contribution in [0.15, 0.2) is 24.5 Å². The molecule has 0 bridgehead atoms. The Morgan fingerprint density at radius 1 is 1.36 bits per heavy atom. The zero-order chi connectivity index (χ0) is 15.7. The highest BCUT2D eigenvalue weighted by Crippen LogP contribution is 2.38. The highest BCUT2D eigenvalue weighted by molar-refractivity contribution is 6.04. The number of halogens is 1. The van der Waals surface area contributed by atoms with Crippen molar-refractivity contribution in [3.05, 3.63) is 36.0 Å². The van der Waals surface area contributed by atoms with Crippen LogP contribution in [0.4, 0.5) is 4.39 Å². The summed E-state index contributed by atoms with van der Waals surface area (Å²) in [7, 11) is 3.42. The molecule has 0 amide bonds. The van der Waals surface area contributed by atoms with Crippen LogP contribution < -0.4 is 0 Å². The van der Waals surface area contributed by atoms with Crippen LogP contribution in [0.2, 0.25) is 0 Å². The first-order valence-electron chi connectivity index (χ1n) is 7.24. The number of esters is 1. The zero-order valence-corrected chi connectivity index (χ0v) is 12.7. The van der Waals surface area contributed by atoms with Gasteiger partial charge in [0.15, 0.2) is 7.98 Å². The maximum Gasteiger partial charge on any atom is 0.318 e. The van der Waals surface area contributed by atoms with Crippen LogP contribution in [0.1, 0.15) is 18.5 Å². The molecule has 7 heteroatoms. The third-order valence-corrected chi connectivity index (χ3v) is 4.47. The number of methoxy groups -OCH3 is 1. The third-order valence-electron chi connectivity index (χ3n) is 4.47. The molecule has 1 aromatic carbocycles. The molecule has 0 spiro atoms. The lowest BCUT2D eigenvalue weighted by Gasteiger charge is -2.38. The Morgan fingerprint density at radius 3 is 2.77 bits per heavy atom. The van der Waals surface area contributed by atoms with E-state index in [1.807, 2.05) is 7.98 Å². The van der Waals surface area contributed by atoms with Gasteiger partial charge >= 0.3 is 5.97 Å². The fourth-order valence-corrected chi connectivity index (χ4v) is 3.14. The zero-order valence-electron chi connectivity index (χ0n) is 12.7. The lowest BCUT2D eigenvalue weighted by atomic mass is 9.73. The van der Waals surface area contributed by atoms with Crippen LogP contribution in [0.5, 0.6) is 0 Å². The average Bonchev–Trinajstić information content (AvgIpc) is 2.54. The van der Waals surface area contributed by atoms with Crippen molar-refractivity contribution in [2.24, 2.45) is 0 Å². The topological polar surface area (TPSA) is 55.3 Å². The van der Waals surface area contributed by atoms with Gasteiger partial charge < -0.3 is 9.55 Å². The van der Waals surface area contributed by atoms with E-state index in [1.54, 1.807) is 6.07 Å². The van der Waals surface area contributed by atoms with Gasteiger partial charge in [0.1, 0.15) is 17.6 Å². The summed E-state index contributed by atoms with van der Waals surface area (Å²) in [4.78, 5) is 23.2. The predicted molar refractivity (Wildman–Crippen MR) is 82.5 cm³/mol. The van der Waals surface area contributed by atoms with Gasteiger partial charge in [-0.2, -0.15) is 0 Å². The van der Waals surface area contributed by atoms with E-state index in [-0.39, 0.29) is 11.8 Å². The van der Waals surface area contributed by atoms with Crippen LogP contribution in [0, 0.1) is 5.82 Å². The van der Waals surface area contributed by atoms with Gasteiger partial charge in [0, 0.05) is 11.5 Å². The highest BCUT2D eigenvalue weighted by atomic mass is 19.1. The first-order valence-corrected chi connectivity index (χ1v) is 7.24. The predicted octanol–water partition coefficient (Wildman–Crippen LogP) is 0.824. The molecule has 0 N–H and O–H groups in total. The molecule has 22 heavy (non-hydrogen) atoms. The van der Waals surface area contributed by atoms with Crippen molar-refractivity contribution in [3.63, 3.8) is 0 Å². The van der Waals surface area contributed by atoms with E-state index in [4.69, 9.17) is 4.74 Å². The molecule has 1 aliphatic heterocycles. The van der Waals surface area contributed by atoms with E-state index < -0.39 is 5.41 Å². The summed E-state index contributed by atoms with van der Waals surface area (Å²) in [6.45, 7) is 1.56. The van der Waals surface area contributed by atoms with Gasteiger partial charge in [-0.05, 0) is 38.1 Å². The van der Waals surface area contributed by atoms with Gasteiger partial charge in [0.05, 0.1) is 18.3 Å². The van der Waals surface area contributed by atoms with Crippen LogP contribution in [-0.4, -0.2) is 48.9 Å². The largest absolute Gasteiger partial charge is 0.468 e.